The summed E-state index contributed by atoms with van der Waals surface area (Å²) in [6.07, 6.45) is 1.23. The summed E-state index contributed by atoms with van der Waals surface area (Å²) >= 11 is 0. The molecule has 7 nitrogen and oxygen atoms in total. The molecule has 1 aliphatic rings. The Kier molecular flexibility index (Phi) is 6.57. The molecule has 0 saturated carbocycles. The second kappa shape index (κ2) is 10.1. The van der Waals surface area contributed by atoms with Crippen LogP contribution in [0, 0.1) is 0 Å². The molecule has 2 heterocycles. The van der Waals surface area contributed by atoms with Crippen molar-refractivity contribution in [2.24, 2.45) is 0 Å². The molecule has 35 heavy (non-hydrogen) atoms. The van der Waals surface area contributed by atoms with E-state index in [1.807, 2.05) is 71.6 Å². The smallest absolute Gasteiger partial charge is 0.227 e. The van der Waals surface area contributed by atoms with Gasteiger partial charge in [-0.1, -0.05) is 30.3 Å². The number of aryl methyl sites for hydroxylation is 1. The summed E-state index contributed by atoms with van der Waals surface area (Å²) in [7, 11) is 3.28. The number of aromatic nitrogens is 2. The Bertz CT molecular complexity index is 1330. The van der Waals surface area contributed by atoms with Crippen LogP contribution in [0.2, 0.25) is 0 Å². The first-order valence-corrected chi connectivity index (χ1v) is 11.8. The molecular weight excluding hydrogens is 442 g/mol. The van der Waals surface area contributed by atoms with Crippen LogP contribution in [0.1, 0.15) is 24.6 Å². The van der Waals surface area contributed by atoms with E-state index in [0.717, 1.165) is 47.0 Å². The topological polar surface area (TPSA) is 65.8 Å². The first kappa shape index (κ1) is 22.8. The standard InChI is InChI=1S/C28H29N3O4/c1-33-21-9-7-10-22(18-21)35-16-8-15-30-24-12-4-3-11-23(24)29-28(30)20-17-27(32)31(19-20)25-13-5-6-14-26(25)34-2/h3-7,9-14,18,20H,8,15-17,19H2,1-2H3. The van der Waals surface area contributed by atoms with Crippen LogP contribution in [0.5, 0.6) is 17.2 Å². The fourth-order valence-corrected chi connectivity index (χ4v) is 4.71. The number of amides is 1. The Labute approximate surface area is 204 Å². The molecule has 0 N–H and O–H groups in total. The molecule has 1 aromatic heterocycles. The van der Waals surface area contributed by atoms with E-state index < -0.39 is 0 Å². The quantitative estimate of drug-likeness (QED) is 0.320. The molecule has 0 aliphatic carbocycles. The Morgan fingerprint density at radius 1 is 0.943 bits per heavy atom. The van der Waals surface area contributed by atoms with Crippen LogP contribution < -0.4 is 19.1 Å². The third-order valence-corrected chi connectivity index (χ3v) is 6.39. The predicted molar refractivity (Wildman–Crippen MR) is 136 cm³/mol. The zero-order valence-electron chi connectivity index (χ0n) is 20.0. The number of imidazole rings is 1. The molecule has 180 valence electrons. The van der Waals surface area contributed by atoms with Gasteiger partial charge in [-0.15, -0.1) is 0 Å². The monoisotopic (exact) mass is 471 g/mol. The maximum Gasteiger partial charge on any atom is 0.227 e. The highest BCUT2D eigenvalue weighted by molar-refractivity contribution is 5.97. The normalized spacial score (nSPS) is 15.5. The minimum Gasteiger partial charge on any atom is -0.497 e. The molecule has 1 saturated heterocycles. The highest BCUT2D eigenvalue weighted by Crippen LogP contribution is 2.37. The number of hydrogen-bond donors (Lipinski definition) is 0. The minimum absolute atomic E-state index is 0.000819. The molecule has 4 aromatic rings. The molecule has 0 bridgehead atoms. The van der Waals surface area contributed by atoms with E-state index in [9.17, 15) is 4.79 Å². The second-order valence-corrected chi connectivity index (χ2v) is 8.57. The summed E-state index contributed by atoms with van der Waals surface area (Å²) in [6, 6.07) is 23.4. The average Bonchev–Trinajstić information content (AvgIpc) is 3.47. The van der Waals surface area contributed by atoms with E-state index in [2.05, 4.69) is 10.6 Å². The van der Waals surface area contributed by atoms with Crippen molar-refractivity contribution < 1.29 is 19.0 Å². The van der Waals surface area contributed by atoms with Crippen LogP contribution in [0.3, 0.4) is 0 Å². The molecule has 0 radical (unpaired) electrons. The zero-order chi connectivity index (χ0) is 24.2. The highest BCUT2D eigenvalue weighted by atomic mass is 16.5. The number of rotatable bonds is 9. The first-order chi connectivity index (χ1) is 17.2. The molecule has 1 fully saturated rings. The van der Waals surface area contributed by atoms with Gasteiger partial charge in [0, 0.05) is 31.5 Å². The number of benzene rings is 3. The van der Waals surface area contributed by atoms with E-state index in [0.29, 0.717) is 25.3 Å². The first-order valence-electron chi connectivity index (χ1n) is 11.8. The average molecular weight is 472 g/mol. The van der Waals surface area contributed by atoms with E-state index >= 15 is 0 Å². The van der Waals surface area contributed by atoms with E-state index in [1.54, 1.807) is 14.2 Å². The molecule has 1 aliphatic heterocycles. The lowest BCUT2D eigenvalue weighted by molar-refractivity contribution is -0.117. The summed E-state index contributed by atoms with van der Waals surface area (Å²) in [5.74, 6) is 3.28. The SMILES string of the molecule is COc1cccc(OCCCn2c(C3CC(=O)N(c4ccccc4OC)C3)nc3ccccc32)c1. The lowest BCUT2D eigenvalue weighted by atomic mass is 10.1. The van der Waals surface area contributed by atoms with Crippen molar-refractivity contribution in [3.63, 3.8) is 0 Å². The summed E-state index contributed by atoms with van der Waals surface area (Å²) in [5, 5.41) is 0. The highest BCUT2D eigenvalue weighted by Gasteiger charge is 2.35. The summed E-state index contributed by atoms with van der Waals surface area (Å²) < 4.78 is 19.0. The number of carbonyl (C=O) groups is 1. The summed E-state index contributed by atoms with van der Waals surface area (Å²) in [5.41, 5.74) is 2.82. The molecule has 7 heteroatoms. The van der Waals surface area contributed by atoms with Gasteiger partial charge in [-0.05, 0) is 42.8 Å². The van der Waals surface area contributed by atoms with Crippen LogP contribution in [0.15, 0.2) is 72.8 Å². The van der Waals surface area contributed by atoms with Gasteiger partial charge in [0.15, 0.2) is 0 Å². The van der Waals surface area contributed by atoms with Crippen LogP contribution in [0.25, 0.3) is 11.0 Å². The fraction of sp³-hybridized carbons (Fsp3) is 0.286. The van der Waals surface area contributed by atoms with Crippen molar-refractivity contribution in [3.8, 4) is 17.2 Å². The van der Waals surface area contributed by atoms with E-state index in [4.69, 9.17) is 19.2 Å². The van der Waals surface area contributed by atoms with Gasteiger partial charge in [0.05, 0.1) is 37.5 Å². The number of nitrogens with zero attached hydrogens (tertiary/aromatic N) is 3. The van der Waals surface area contributed by atoms with Crippen molar-refractivity contribution in [3.05, 3.63) is 78.6 Å². The number of para-hydroxylation sites is 4. The summed E-state index contributed by atoms with van der Waals surface area (Å²) in [4.78, 5) is 19.8. The Hall–Kier alpha value is -4.00. The minimum atomic E-state index is -0.000819. The van der Waals surface area contributed by atoms with Gasteiger partial charge in [-0.3, -0.25) is 4.79 Å². The van der Waals surface area contributed by atoms with Crippen LogP contribution >= 0.6 is 0 Å². The molecule has 1 amide bonds. The molecule has 3 aromatic carbocycles. The number of anilines is 1. The van der Waals surface area contributed by atoms with Crippen molar-refractivity contribution in [1.82, 2.24) is 9.55 Å². The van der Waals surface area contributed by atoms with Gasteiger partial charge in [0.25, 0.3) is 0 Å². The molecular formula is C28H29N3O4. The predicted octanol–water partition coefficient (Wildman–Crippen LogP) is 5.04. The Morgan fingerprint density at radius 3 is 2.60 bits per heavy atom. The summed E-state index contributed by atoms with van der Waals surface area (Å²) in [6.45, 7) is 1.89. The Balaban J connectivity index is 1.34. The number of hydrogen-bond acceptors (Lipinski definition) is 5. The number of carbonyl (C=O) groups excluding carboxylic acids is 1. The van der Waals surface area contributed by atoms with Crippen LogP contribution in [-0.4, -0.2) is 42.8 Å². The van der Waals surface area contributed by atoms with E-state index in [-0.39, 0.29) is 11.8 Å². The van der Waals surface area contributed by atoms with Crippen LogP contribution in [-0.2, 0) is 11.3 Å². The fourth-order valence-electron chi connectivity index (χ4n) is 4.71. The molecule has 1 unspecified atom stereocenters. The van der Waals surface area contributed by atoms with Gasteiger partial charge < -0.3 is 23.7 Å². The van der Waals surface area contributed by atoms with Gasteiger partial charge in [0.1, 0.15) is 23.1 Å². The molecule has 5 rings (SSSR count). The molecule has 0 spiro atoms. The van der Waals surface area contributed by atoms with Gasteiger partial charge in [-0.2, -0.15) is 0 Å². The van der Waals surface area contributed by atoms with Crippen LogP contribution in [0.4, 0.5) is 5.69 Å². The number of ether oxygens (including phenoxy) is 3. The second-order valence-electron chi connectivity index (χ2n) is 8.57. The van der Waals surface area contributed by atoms with E-state index in [1.165, 1.54) is 0 Å². The maximum absolute atomic E-state index is 13.0. The van der Waals surface area contributed by atoms with Gasteiger partial charge in [-0.25, -0.2) is 4.98 Å². The van der Waals surface area contributed by atoms with Crippen molar-refractivity contribution in [2.75, 3.05) is 32.3 Å². The lowest BCUT2D eigenvalue weighted by Crippen LogP contribution is -2.25. The number of methoxy groups -OCH3 is 2. The zero-order valence-corrected chi connectivity index (χ0v) is 20.0. The van der Waals surface area contributed by atoms with Crippen molar-refractivity contribution in [2.45, 2.75) is 25.3 Å². The lowest BCUT2D eigenvalue weighted by Gasteiger charge is -2.20. The molecule has 1 atom stereocenters. The third kappa shape index (κ3) is 4.67. The largest absolute Gasteiger partial charge is 0.497 e. The Morgan fingerprint density at radius 2 is 1.74 bits per heavy atom. The van der Waals surface area contributed by atoms with Crippen molar-refractivity contribution >= 4 is 22.6 Å². The van der Waals surface area contributed by atoms with Crippen molar-refractivity contribution in [1.29, 1.82) is 0 Å². The van der Waals surface area contributed by atoms with Gasteiger partial charge in [0.2, 0.25) is 5.91 Å². The van der Waals surface area contributed by atoms with Gasteiger partial charge >= 0.3 is 0 Å². The number of fused-ring (bicyclic) bond motifs is 1. The maximum atomic E-state index is 13.0. The third-order valence-electron chi connectivity index (χ3n) is 6.39.